The van der Waals surface area contributed by atoms with E-state index in [0.717, 1.165) is 15.6 Å². The first-order valence-electron chi connectivity index (χ1n) is 9.51. The van der Waals surface area contributed by atoms with Crippen molar-refractivity contribution in [3.8, 4) is 11.4 Å². The van der Waals surface area contributed by atoms with Crippen LogP contribution in [0.15, 0.2) is 64.9 Å². The topological polar surface area (TPSA) is 103 Å². The van der Waals surface area contributed by atoms with Gasteiger partial charge in [0.15, 0.2) is 11.2 Å². The lowest BCUT2D eigenvalue weighted by atomic mass is 10.2. The Hall–Kier alpha value is -3.24. The largest absolute Gasteiger partial charge is 0.324 e. The lowest BCUT2D eigenvalue weighted by Crippen LogP contribution is -2.27. The molecule has 1 unspecified atom stereocenters. The number of aryl methyl sites for hydroxylation is 1. The summed E-state index contributed by atoms with van der Waals surface area (Å²) in [4.78, 5) is 15.2. The van der Waals surface area contributed by atoms with E-state index in [4.69, 9.17) is 11.6 Å². The summed E-state index contributed by atoms with van der Waals surface area (Å²) in [6, 6.07) is 14.1. The van der Waals surface area contributed by atoms with Crippen LogP contribution in [0.2, 0.25) is 5.02 Å². The molecule has 4 rings (SSSR count). The minimum atomic E-state index is -0.582. The molecule has 11 heteroatoms. The molecule has 31 heavy (non-hydrogen) atoms. The predicted octanol–water partition coefficient (Wildman–Crippen LogP) is 3.86. The Balaban J connectivity index is 1.43. The second-order valence-electron chi connectivity index (χ2n) is 6.70. The van der Waals surface area contributed by atoms with Crippen LogP contribution in [0.5, 0.6) is 0 Å². The third-order valence-corrected chi connectivity index (χ3v) is 5.81. The molecule has 158 valence electrons. The Morgan fingerprint density at radius 1 is 1.13 bits per heavy atom. The highest BCUT2D eigenvalue weighted by atomic mass is 35.5. The summed E-state index contributed by atoms with van der Waals surface area (Å²) >= 11 is 7.42. The van der Waals surface area contributed by atoms with E-state index in [0.29, 0.717) is 23.0 Å². The highest BCUT2D eigenvalue weighted by Crippen LogP contribution is 2.27. The molecule has 0 aliphatic heterocycles. The van der Waals surface area contributed by atoms with Crippen molar-refractivity contribution < 1.29 is 4.79 Å². The highest BCUT2D eigenvalue weighted by Gasteiger charge is 2.22. The summed E-state index contributed by atoms with van der Waals surface area (Å²) in [5.74, 6) is 0.226. The van der Waals surface area contributed by atoms with Crippen LogP contribution in [0, 0.1) is 0 Å². The van der Waals surface area contributed by atoms with Crippen molar-refractivity contribution in [1.29, 1.82) is 0 Å². The van der Waals surface area contributed by atoms with Crippen molar-refractivity contribution in [2.75, 3.05) is 5.32 Å². The second-order valence-corrected chi connectivity index (χ2v) is 8.18. The zero-order valence-electron chi connectivity index (χ0n) is 16.8. The molecule has 2 heterocycles. The van der Waals surface area contributed by atoms with Gasteiger partial charge in [-0.3, -0.25) is 4.79 Å². The monoisotopic (exact) mass is 454 g/mol. The van der Waals surface area contributed by atoms with Gasteiger partial charge in [-0.25, -0.2) is 0 Å². The number of benzene rings is 2. The molecule has 2 aromatic carbocycles. The number of anilines is 1. The highest BCUT2D eigenvalue weighted by molar-refractivity contribution is 7.99. The zero-order chi connectivity index (χ0) is 21.8. The molecule has 4 aromatic rings. The summed E-state index contributed by atoms with van der Waals surface area (Å²) < 4.78 is 1.84. The Bertz CT molecular complexity index is 1170. The predicted molar refractivity (Wildman–Crippen MR) is 118 cm³/mol. The van der Waals surface area contributed by atoms with Crippen LogP contribution in [-0.4, -0.2) is 40.9 Å². The normalized spacial score (nSPS) is 12.0. The lowest BCUT2D eigenvalue weighted by molar-refractivity contribution is -0.119. The molecule has 0 radical (unpaired) electrons. The third-order valence-electron chi connectivity index (χ3n) is 4.50. The second kappa shape index (κ2) is 9.27. The molecule has 1 amide bonds. The van der Waals surface area contributed by atoms with E-state index >= 15 is 0 Å². The van der Waals surface area contributed by atoms with Crippen LogP contribution in [0.1, 0.15) is 19.4 Å². The molecule has 2 aromatic heterocycles. The zero-order valence-corrected chi connectivity index (χ0v) is 18.4. The Kier molecular flexibility index (Phi) is 6.28. The van der Waals surface area contributed by atoms with E-state index in [1.165, 1.54) is 16.6 Å². The van der Waals surface area contributed by atoms with Gasteiger partial charge in [0.05, 0.1) is 0 Å². The first kappa shape index (κ1) is 21.0. The number of halogens is 1. The molecule has 0 bridgehead atoms. The number of rotatable bonds is 7. The SMILES string of the molecule is CCC(C(=O)Nc1ccc(Sc2nncn2C)cc1)n1nnc(-c2ccc(Cl)cc2)n1. The number of carbonyl (C=O) groups excluding carboxylic acids is 1. The van der Waals surface area contributed by atoms with Crippen molar-refractivity contribution in [2.45, 2.75) is 29.4 Å². The molecule has 0 aliphatic carbocycles. The minimum absolute atomic E-state index is 0.212. The van der Waals surface area contributed by atoms with Crippen LogP contribution >= 0.6 is 23.4 Å². The van der Waals surface area contributed by atoms with Gasteiger partial charge >= 0.3 is 0 Å². The van der Waals surface area contributed by atoms with Gasteiger partial charge in [0, 0.05) is 28.2 Å². The fourth-order valence-corrected chi connectivity index (χ4v) is 3.72. The Labute approximate surface area is 187 Å². The molecular weight excluding hydrogens is 436 g/mol. The standard InChI is InChI=1S/C20H19ClN8OS/c1-3-17(29-26-18(24-27-29)13-4-6-14(21)7-5-13)19(30)23-15-8-10-16(11-9-15)31-20-25-22-12-28(20)2/h4-12,17H,3H2,1-2H3,(H,23,30). The maximum Gasteiger partial charge on any atom is 0.251 e. The van der Waals surface area contributed by atoms with Crippen molar-refractivity contribution >= 4 is 35.0 Å². The van der Waals surface area contributed by atoms with Crippen molar-refractivity contribution in [2.24, 2.45) is 7.05 Å². The summed E-state index contributed by atoms with van der Waals surface area (Å²) in [5, 5.41) is 24.8. The molecule has 1 N–H and O–H groups in total. The van der Waals surface area contributed by atoms with E-state index in [-0.39, 0.29) is 5.91 Å². The summed E-state index contributed by atoms with van der Waals surface area (Å²) in [6.45, 7) is 1.90. The van der Waals surface area contributed by atoms with Crippen molar-refractivity contribution in [1.82, 2.24) is 35.0 Å². The third kappa shape index (κ3) is 4.92. The van der Waals surface area contributed by atoms with Gasteiger partial charge in [0.1, 0.15) is 6.33 Å². The maximum atomic E-state index is 12.8. The van der Waals surface area contributed by atoms with Crippen LogP contribution in [0.4, 0.5) is 5.69 Å². The van der Waals surface area contributed by atoms with E-state index < -0.39 is 6.04 Å². The minimum Gasteiger partial charge on any atom is -0.324 e. The van der Waals surface area contributed by atoms with Crippen LogP contribution < -0.4 is 5.32 Å². The van der Waals surface area contributed by atoms with Gasteiger partial charge in [0.2, 0.25) is 5.82 Å². The van der Waals surface area contributed by atoms with E-state index in [2.05, 4.69) is 30.9 Å². The Morgan fingerprint density at radius 3 is 2.52 bits per heavy atom. The summed E-state index contributed by atoms with van der Waals surface area (Å²) in [6.07, 6.45) is 2.17. The van der Waals surface area contributed by atoms with E-state index in [9.17, 15) is 4.79 Å². The van der Waals surface area contributed by atoms with Crippen molar-refractivity contribution in [3.63, 3.8) is 0 Å². The van der Waals surface area contributed by atoms with Crippen LogP contribution in [0.25, 0.3) is 11.4 Å². The molecule has 0 spiro atoms. The maximum absolute atomic E-state index is 12.8. The number of nitrogens with one attached hydrogen (secondary N) is 1. The number of aromatic nitrogens is 7. The smallest absolute Gasteiger partial charge is 0.251 e. The number of carbonyl (C=O) groups is 1. The van der Waals surface area contributed by atoms with Gasteiger partial charge < -0.3 is 9.88 Å². The molecule has 9 nitrogen and oxygen atoms in total. The number of amides is 1. The van der Waals surface area contributed by atoms with E-state index in [1.54, 1.807) is 18.5 Å². The number of hydrogen-bond donors (Lipinski definition) is 1. The molecule has 1 atom stereocenters. The van der Waals surface area contributed by atoms with Gasteiger partial charge in [-0.05, 0) is 71.9 Å². The fourth-order valence-electron chi connectivity index (χ4n) is 2.83. The van der Waals surface area contributed by atoms with Gasteiger partial charge in [-0.15, -0.1) is 20.4 Å². The van der Waals surface area contributed by atoms with Gasteiger partial charge in [-0.2, -0.15) is 4.80 Å². The first-order chi connectivity index (χ1) is 15.0. The molecular formula is C20H19ClN8OS. The molecule has 0 fully saturated rings. The first-order valence-corrected chi connectivity index (χ1v) is 10.7. The Morgan fingerprint density at radius 2 is 1.87 bits per heavy atom. The molecule has 0 aliphatic rings. The van der Waals surface area contributed by atoms with E-state index in [1.807, 2.05) is 54.9 Å². The van der Waals surface area contributed by atoms with Crippen molar-refractivity contribution in [3.05, 3.63) is 59.9 Å². The number of tetrazole rings is 1. The number of hydrogen-bond acceptors (Lipinski definition) is 7. The fraction of sp³-hybridized carbons (Fsp3) is 0.200. The van der Waals surface area contributed by atoms with Gasteiger partial charge in [0.25, 0.3) is 5.91 Å². The molecule has 0 saturated heterocycles. The van der Waals surface area contributed by atoms with Crippen LogP contribution in [0.3, 0.4) is 0 Å². The summed E-state index contributed by atoms with van der Waals surface area (Å²) in [7, 11) is 1.89. The summed E-state index contributed by atoms with van der Waals surface area (Å²) in [5.41, 5.74) is 1.46. The van der Waals surface area contributed by atoms with Crippen LogP contribution in [-0.2, 0) is 11.8 Å². The molecule has 0 saturated carbocycles. The average Bonchev–Trinajstić information content (AvgIpc) is 3.40. The quantitative estimate of drug-likeness (QED) is 0.452. The number of nitrogens with zero attached hydrogens (tertiary/aromatic N) is 7. The lowest BCUT2D eigenvalue weighted by Gasteiger charge is -2.13. The van der Waals surface area contributed by atoms with Gasteiger partial charge in [-0.1, -0.05) is 18.5 Å². The average molecular weight is 455 g/mol.